The van der Waals surface area contributed by atoms with Crippen LogP contribution >= 0.6 is 0 Å². The fourth-order valence-electron chi connectivity index (χ4n) is 3.78. The Labute approximate surface area is 197 Å². The number of nitro groups is 1. The van der Waals surface area contributed by atoms with E-state index in [1.807, 2.05) is 0 Å². The first-order valence-electron chi connectivity index (χ1n) is 10.9. The first-order valence-corrected chi connectivity index (χ1v) is 12.3. The summed E-state index contributed by atoms with van der Waals surface area (Å²) in [7, 11) is -3.84. The number of nitro benzene ring substituents is 1. The Morgan fingerprint density at radius 2 is 1.79 bits per heavy atom. The summed E-state index contributed by atoms with van der Waals surface area (Å²) in [4.78, 5) is 26.8. The number of benzene rings is 2. The molecule has 12 heteroatoms. The third-order valence-corrected chi connectivity index (χ3v) is 7.66. The van der Waals surface area contributed by atoms with Crippen molar-refractivity contribution in [3.8, 4) is 5.75 Å². The van der Waals surface area contributed by atoms with Gasteiger partial charge in [-0.3, -0.25) is 14.9 Å². The van der Waals surface area contributed by atoms with Crippen LogP contribution in [0.15, 0.2) is 47.4 Å². The molecule has 0 atom stereocenters. The molecular weight excluding hydrogens is 467 g/mol. The van der Waals surface area contributed by atoms with E-state index in [2.05, 4.69) is 0 Å². The molecule has 34 heavy (non-hydrogen) atoms. The highest BCUT2D eigenvalue weighted by molar-refractivity contribution is 7.89. The molecule has 1 aliphatic heterocycles. The molecule has 1 heterocycles. The zero-order valence-electron chi connectivity index (χ0n) is 19.0. The fraction of sp³-hybridized carbons (Fsp3) is 0.409. The molecule has 184 valence electrons. The molecule has 1 saturated heterocycles. The highest BCUT2D eigenvalue weighted by Gasteiger charge is 2.29. The van der Waals surface area contributed by atoms with Gasteiger partial charge in [0.05, 0.1) is 9.82 Å². The number of rotatable bonds is 9. The van der Waals surface area contributed by atoms with E-state index in [-0.39, 0.29) is 41.9 Å². The Bertz CT molecular complexity index is 1150. The Hall–Kier alpha value is -3.25. The molecule has 0 aliphatic carbocycles. The molecule has 0 unspecified atom stereocenters. The minimum atomic E-state index is -3.84. The second kappa shape index (κ2) is 10.8. The minimum Gasteiger partial charge on any atom is -0.484 e. The molecule has 0 spiro atoms. The van der Waals surface area contributed by atoms with Gasteiger partial charge in [-0.25, -0.2) is 12.8 Å². The van der Waals surface area contributed by atoms with E-state index < -0.39 is 20.8 Å². The fourth-order valence-corrected chi connectivity index (χ4v) is 5.26. The molecule has 0 aromatic heterocycles. The molecule has 0 bridgehead atoms. The van der Waals surface area contributed by atoms with Gasteiger partial charge in [-0.1, -0.05) is 19.9 Å². The molecule has 3 rings (SSSR count). The normalized spacial score (nSPS) is 14.4. The number of sulfonamides is 1. The maximum atomic E-state index is 13.2. The lowest BCUT2D eigenvalue weighted by molar-refractivity contribution is -0.384. The quantitative estimate of drug-likeness (QED) is 0.389. The first kappa shape index (κ1) is 25.4. The van der Waals surface area contributed by atoms with Crippen molar-refractivity contribution in [2.45, 2.75) is 18.7 Å². The minimum absolute atomic E-state index is 0.130. The summed E-state index contributed by atoms with van der Waals surface area (Å²) >= 11 is 0. The predicted octanol–water partition coefficient (Wildman–Crippen LogP) is 2.49. The molecule has 2 aromatic carbocycles. The number of amides is 1. The number of anilines is 1. The average Bonchev–Trinajstić information content (AvgIpc) is 2.83. The van der Waals surface area contributed by atoms with Gasteiger partial charge in [0.25, 0.3) is 11.6 Å². The smallest absolute Gasteiger partial charge is 0.293 e. The maximum absolute atomic E-state index is 13.2. The van der Waals surface area contributed by atoms with Crippen molar-refractivity contribution in [2.75, 3.05) is 50.8 Å². The highest BCUT2D eigenvalue weighted by atomic mass is 32.2. The lowest BCUT2D eigenvalue weighted by atomic mass is 10.2. The summed E-state index contributed by atoms with van der Waals surface area (Å²) < 4.78 is 45.4. The Morgan fingerprint density at radius 1 is 1.12 bits per heavy atom. The van der Waals surface area contributed by atoms with Crippen molar-refractivity contribution >= 4 is 27.3 Å². The molecule has 1 aliphatic rings. The van der Waals surface area contributed by atoms with Gasteiger partial charge in [0.1, 0.15) is 17.3 Å². The van der Waals surface area contributed by atoms with Crippen LogP contribution in [0.2, 0.25) is 0 Å². The first-order chi connectivity index (χ1) is 16.2. The number of carbonyl (C=O) groups is 1. The molecule has 2 aromatic rings. The van der Waals surface area contributed by atoms with Crippen LogP contribution in [0.4, 0.5) is 15.8 Å². The average molecular weight is 495 g/mol. The molecule has 1 amide bonds. The summed E-state index contributed by atoms with van der Waals surface area (Å²) in [6.07, 6.45) is 0. The van der Waals surface area contributed by atoms with Gasteiger partial charge in [-0.05, 0) is 24.3 Å². The zero-order chi connectivity index (χ0) is 24.9. The Balaban J connectivity index is 1.68. The largest absolute Gasteiger partial charge is 0.484 e. The van der Waals surface area contributed by atoms with Crippen LogP contribution in [0, 0.1) is 15.9 Å². The molecule has 1 fully saturated rings. The van der Waals surface area contributed by atoms with Crippen LogP contribution in [0.3, 0.4) is 0 Å². The Morgan fingerprint density at radius 3 is 2.38 bits per heavy atom. The van der Waals surface area contributed by atoms with Crippen LogP contribution in [0.1, 0.15) is 13.8 Å². The Kier molecular flexibility index (Phi) is 8.05. The summed E-state index contributed by atoms with van der Waals surface area (Å²) in [5.41, 5.74) is -0.00551. The van der Waals surface area contributed by atoms with Gasteiger partial charge in [-0.2, -0.15) is 4.31 Å². The van der Waals surface area contributed by atoms with Crippen molar-refractivity contribution < 1.29 is 27.3 Å². The monoisotopic (exact) mass is 494 g/mol. The molecular formula is C22H27FN4O6S. The van der Waals surface area contributed by atoms with Crippen LogP contribution in [0.5, 0.6) is 5.75 Å². The molecule has 0 radical (unpaired) electrons. The topological polar surface area (TPSA) is 113 Å². The summed E-state index contributed by atoms with van der Waals surface area (Å²) in [6.45, 7) is 4.94. The van der Waals surface area contributed by atoms with E-state index in [0.29, 0.717) is 31.9 Å². The number of hydrogen-bond acceptors (Lipinski definition) is 7. The molecule has 0 N–H and O–H groups in total. The SMILES string of the molecule is CCN(CC)S(=O)(=O)c1ccc(N2CCN(C(=O)COc3cccc(F)c3)CC2)c([N+](=O)[O-])c1. The summed E-state index contributed by atoms with van der Waals surface area (Å²) in [6, 6.07) is 9.41. The van der Waals surface area contributed by atoms with E-state index in [0.717, 1.165) is 6.07 Å². The lowest BCUT2D eigenvalue weighted by Crippen LogP contribution is -2.50. The van der Waals surface area contributed by atoms with E-state index >= 15 is 0 Å². The lowest BCUT2D eigenvalue weighted by Gasteiger charge is -2.35. The van der Waals surface area contributed by atoms with Crippen molar-refractivity contribution in [3.05, 3.63) is 58.4 Å². The number of nitrogens with zero attached hydrogens (tertiary/aromatic N) is 4. The van der Waals surface area contributed by atoms with Crippen LogP contribution in [-0.2, 0) is 14.8 Å². The number of ether oxygens (including phenoxy) is 1. The van der Waals surface area contributed by atoms with Crippen molar-refractivity contribution in [1.29, 1.82) is 0 Å². The van der Waals surface area contributed by atoms with Crippen molar-refractivity contribution in [3.63, 3.8) is 0 Å². The van der Waals surface area contributed by atoms with Gasteiger partial charge in [0.2, 0.25) is 10.0 Å². The number of carbonyl (C=O) groups excluding carboxylic acids is 1. The zero-order valence-corrected chi connectivity index (χ0v) is 19.8. The van der Waals surface area contributed by atoms with Crippen molar-refractivity contribution in [1.82, 2.24) is 9.21 Å². The summed E-state index contributed by atoms with van der Waals surface area (Å²) in [5.74, 6) is -0.488. The van der Waals surface area contributed by atoms with E-state index in [1.54, 1.807) is 29.7 Å². The van der Waals surface area contributed by atoms with E-state index in [9.17, 15) is 27.7 Å². The standard InChI is InChI=1S/C22H27FN4O6S/c1-3-26(4-2)34(31,32)19-8-9-20(21(15-19)27(29)30)24-10-12-25(13-11-24)22(28)16-33-18-7-5-6-17(23)14-18/h5-9,14-15H,3-4,10-13,16H2,1-2H3. The van der Waals surface area contributed by atoms with E-state index in [1.165, 1.54) is 34.6 Å². The summed E-state index contributed by atoms with van der Waals surface area (Å²) in [5, 5.41) is 11.7. The van der Waals surface area contributed by atoms with Gasteiger partial charge in [-0.15, -0.1) is 0 Å². The molecule has 0 saturated carbocycles. The van der Waals surface area contributed by atoms with Crippen LogP contribution in [-0.4, -0.2) is 74.3 Å². The van der Waals surface area contributed by atoms with Crippen LogP contribution in [0.25, 0.3) is 0 Å². The van der Waals surface area contributed by atoms with Gasteiger partial charge in [0.15, 0.2) is 6.61 Å². The van der Waals surface area contributed by atoms with Crippen LogP contribution < -0.4 is 9.64 Å². The maximum Gasteiger partial charge on any atom is 0.293 e. The van der Waals surface area contributed by atoms with Gasteiger partial charge in [0, 0.05) is 51.4 Å². The van der Waals surface area contributed by atoms with E-state index in [4.69, 9.17) is 4.74 Å². The third kappa shape index (κ3) is 5.62. The third-order valence-electron chi connectivity index (χ3n) is 5.62. The van der Waals surface area contributed by atoms with Crippen molar-refractivity contribution in [2.24, 2.45) is 0 Å². The number of hydrogen-bond donors (Lipinski definition) is 0. The second-order valence-corrected chi connectivity index (χ2v) is 9.55. The predicted molar refractivity (Wildman–Crippen MR) is 124 cm³/mol. The number of piperazine rings is 1. The number of halogens is 1. The molecule has 10 nitrogen and oxygen atoms in total. The highest BCUT2D eigenvalue weighted by Crippen LogP contribution is 2.32. The van der Waals surface area contributed by atoms with Gasteiger partial charge < -0.3 is 14.5 Å². The second-order valence-electron chi connectivity index (χ2n) is 7.61. The van der Waals surface area contributed by atoms with Gasteiger partial charge >= 0.3 is 0 Å².